The first kappa shape index (κ1) is 35.5. The van der Waals surface area contributed by atoms with E-state index in [1.807, 2.05) is 0 Å². The molecular formula is C33H65ClN2. The maximum Gasteiger partial charge on any atom is 0.243 e. The third kappa shape index (κ3) is 23.9. The third-order valence-electron chi connectivity index (χ3n) is 7.79. The summed E-state index contributed by atoms with van der Waals surface area (Å²) in [6, 6.07) is 0. The molecule has 1 aromatic rings. The molecule has 0 amide bonds. The monoisotopic (exact) mass is 524 g/mol. The average Bonchev–Trinajstić information content (AvgIpc) is 3.32. The van der Waals surface area contributed by atoms with Crippen molar-refractivity contribution in [3.63, 3.8) is 0 Å². The summed E-state index contributed by atoms with van der Waals surface area (Å²) in [5.74, 6) is 0. The Kier molecular flexibility index (Phi) is 28.7. The summed E-state index contributed by atoms with van der Waals surface area (Å²) < 4.78 is 4.80. The molecule has 1 rings (SSSR count). The van der Waals surface area contributed by atoms with E-state index in [-0.39, 0.29) is 12.4 Å². The largest absolute Gasteiger partial charge is 1.00 e. The summed E-state index contributed by atoms with van der Waals surface area (Å²) in [5, 5.41) is 0. The fourth-order valence-corrected chi connectivity index (χ4v) is 5.33. The van der Waals surface area contributed by atoms with Crippen LogP contribution < -0.4 is 17.0 Å². The standard InChI is InChI=1S/C33H65N2.ClH/c1-3-5-7-9-11-13-15-16-17-18-19-20-22-24-26-28-30-35-32-31-34(33-35)29-27-25-23-21-14-12-10-8-6-4-2;/h31-33H,3-30H2,1-2H3;1H/q+1;/p-1. The Hall–Kier alpha value is -0.500. The SMILES string of the molecule is CCCCCCCCCCCCCCCCCC[n+]1ccn(CCCCCCCCCCCC)c1.[Cl-]. The first-order valence-electron chi connectivity index (χ1n) is 16.4. The number of halogens is 1. The van der Waals surface area contributed by atoms with Crippen LogP contribution in [0.1, 0.15) is 181 Å². The Balaban J connectivity index is 0.0000122. The van der Waals surface area contributed by atoms with Gasteiger partial charge in [0.15, 0.2) is 0 Å². The van der Waals surface area contributed by atoms with Crippen LogP contribution in [0.4, 0.5) is 0 Å². The molecule has 0 aliphatic rings. The van der Waals surface area contributed by atoms with E-state index >= 15 is 0 Å². The number of aryl methyl sites for hydroxylation is 2. The maximum absolute atomic E-state index is 2.40. The molecule has 0 unspecified atom stereocenters. The molecule has 0 saturated carbocycles. The normalized spacial score (nSPS) is 11.2. The van der Waals surface area contributed by atoms with Crippen LogP contribution in [0.3, 0.4) is 0 Å². The zero-order valence-corrected chi connectivity index (χ0v) is 25.6. The highest BCUT2D eigenvalue weighted by atomic mass is 35.5. The van der Waals surface area contributed by atoms with E-state index in [2.05, 4.69) is 41.7 Å². The van der Waals surface area contributed by atoms with E-state index in [4.69, 9.17) is 0 Å². The van der Waals surface area contributed by atoms with Gasteiger partial charge in [0, 0.05) is 0 Å². The highest BCUT2D eigenvalue weighted by Gasteiger charge is 2.03. The van der Waals surface area contributed by atoms with Gasteiger partial charge in [-0.05, 0) is 25.7 Å². The van der Waals surface area contributed by atoms with E-state index in [0.717, 1.165) is 0 Å². The Bertz CT molecular complexity index is 528. The van der Waals surface area contributed by atoms with Gasteiger partial charge in [-0.2, -0.15) is 0 Å². The number of rotatable bonds is 28. The maximum atomic E-state index is 2.40. The zero-order chi connectivity index (χ0) is 25.1. The molecule has 36 heavy (non-hydrogen) atoms. The quantitative estimate of drug-likeness (QED) is 0.0776. The number of nitrogens with zero attached hydrogens (tertiary/aromatic N) is 2. The summed E-state index contributed by atoms with van der Waals surface area (Å²) in [5.41, 5.74) is 0. The van der Waals surface area contributed by atoms with Crippen LogP contribution in [-0.2, 0) is 13.1 Å². The first-order chi connectivity index (χ1) is 17.4. The Labute approximate surface area is 233 Å². The second-order valence-electron chi connectivity index (χ2n) is 11.4. The topological polar surface area (TPSA) is 8.81 Å². The lowest BCUT2D eigenvalue weighted by Gasteiger charge is -2.03. The molecule has 0 saturated heterocycles. The molecule has 214 valence electrons. The van der Waals surface area contributed by atoms with Crippen LogP contribution in [0.15, 0.2) is 18.7 Å². The van der Waals surface area contributed by atoms with Crippen LogP contribution in [0.5, 0.6) is 0 Å². The molecule has 0 fully saturated rings. The lowest BCUT2D eigenvalue weighted by atomic mass is 10.0. The molecule has 1 heterocycles. The predicted octanol–water partition coefficient (Wildman–Crippen LogP) is 7.96. The third-order valence-corrected chi connectivity index (χ3v) is 7.79. The molecule has 0 aromatic carbocycles. The molecule has 0 N–H and O–H groups in total. The fourth-order valence-electron chi connectivity index (χ4n) is 5.33. The van der Waals surface area contributed by atoms with Gasteiger partial charge in [-0.3, -0.25) is 0 Å². The molecule has 0 radical (unpaired) electrons. The number of aromatic nitrogens is 2. The van der Waals surface area contributed by atoms with Crippen molar-refractivity contribution < 1.29 is 17.0 Å². The molecule has 3 heteroatoms. The summed E-state index contributed by atoms with van der Waals surface area (Å²) in [6.45, 7) is 7.00. The number of unbranched alkanes of at least 4 members (excludes halogenated alkanes) is 24. The number of hydrogen-bond donors (Lipinski definition) is 0. The molecular weight excluding hydrogens is 460 g/mol. The lowest BCUT2D eigenvalue weighted by Crippen LogP contribution is -3.00. The molecule has 0 aliphatic carbocycles. The van der Waals surface area contributed by atoms with E-state index in [1.54, 1.807) is 0 Å². The van der Waals surface area contributed by atoms with E-state index in [9.17, 15) is 0 Å². The van der Waals surface area contributed by atoms with Crippen molar-refractivity contribution in [1.82, 2.24) is 4.57 Å². The van der Waals surface area contributed by atoms with Crippen LogP contribution in [0, 0.1) is 0 Å². The minimum Gasteiger partial charge on any atom is -1.00 e. The Morgan fingerprint density at radius 1 is 0.444 bits per heavy atom. The van der Waals surface area contributed by atoms with E-state index in [1.165, 1.54) is 180 Å². The molecule has 0 aliphatic heterocycles. The summed E-state index contributed by atoms with van der Waals surface area (Å²) in [7, 11) is 0. The van der Waals surface area contributed by atoms with Crippen LogP contribution in [0.2, 0.25) is 0 Å². The van der Waals surface area contributed by atoms with Crippen molar-refractivity contribution in [1.29, 1.82) is 0 Å². The lowest BCUT2D eigenvalue weighted by molar-refractivity contribution is -0.696. The predicted molar refractivity (Wildman–Crippen MR) is 156 cm³/mol. The van der Waals surface area contributed by atoms with Gasteiger partial charge in [-0.1, -0.05) is 155 Å². The minimum absolute atomic E-state index is 0. The molecule has 0 atom stereocenters. The summed E-state index contributed by atoms with van der Waals surface area (Å²) in [6.07, 6.45) is 44.2. The minimum atomic E-state index is 0. The summed E-state index contributed by atoms with van der Waals surface area (Å²) in [4.78, 5) is 0. The van der Waals surface area contributed by atoms with Crippen LogP contribution >= 0.6 is 0 Å². The van der Waals surface area contributed by atoms with Crippen LogP contribution in [0.25, 0.3) is 0 Å². The van der Waals surface area contributed by atoms with Crippen molar-refractivity contribution in [2.75, 3.05) is 0 Å². The van der Waals surface area contributed by atoms with Gasteiger partial charge < -0.3 is 12.4 Å². The van der Waals surface area contributed by atoms with Gasteiger partial charge in [0.05, 0.1) is 13.1 Å². The second-order valence-corrected chi connectivity index (χ2v) is 11.4. The smallest absolute Gasteiger partial charge is 0.243 e. The van der Waals surface area contributed by atoms with Crippen molar-refractivity contribution in [2.45, 2.75) is 194 Å². The Morgan fingerprint density at radius 2 is 0.778 bits per heavy atom. The zero-order valence-electron chi connectivity index (χ0n) is 24.8. The molecule has 1 aromatic heterocycles. The van der Waals surface area contributed by atoms with Gasteiger partial charge in [-0.25, -0.2) is 9.13 Å². The molecule has 2 nitrogen and oxygen atoms in total. The Morgan fingerprint density at radius 3 is 1.17 bits per heavy atom. The highest BCUT2D eigenvalue weighted by molar-refractivity contribution is 4.66. The molecule has 0 bridgehead atoms. The fraction of sp³-hybridized carbons (Fsp3) is 0.909. The van der Waals surface area contributed by atoms with E-state index in [0.29, 0.717) is 0 Å². The van der Waals surface area contributed by atoms with Crippen molar-refractivity contribution >= 4 is 0 Å². The van der Waals surface area contributed by atoms with Gasteiger partial charge in [0.1, 0.15) is 12.4 Å². The van der Waals surface area contributed by atoms with Gasteiger partial charge in [0.25, 0.3) is 0 Å². The highest BCUT2D eigenvalue weighted by Crippen LogP contribution is 2.14. The molecule has 0 spiro atoms. The van der Waals surface area contributed by atoms with Crippen LogP contribution in [-0.4, -0.2) is 4.57 Å². The number of hydrogen-bond acceptors (Lipinski definition) is 0. The summed E-state index contributed by atoms with van der Waals surface area (Å²) >= 11 is 0. The van der Waals surface area contributed by atoms with Crippen molar-refractivity contribution in [3.8, 4) is 0 Å². The van der Waals surface area contributed by atoms with Gasteiger partial charge in [-0.15, -0.1) is 0 Å². The van der Waals surface area contributed by atoms with Crippen molar-refractivity contribution in [2.24, 2.45) is 0 Å². The first-order valence-corrected chi connectivity index (χ1v) is 16.4. The average molecular weight is 525 g/mol. The van der Waals surface area contributed by atoms with Crippen molar-refractivity contribution in [3.05, 3.63) is 18.7 Å². The van der Waals surface area contributed by atoms with E-state index < -0.39 is 0 Å². The second kappa shape index (κ2) is 29.1. The number of imidazole rings is 1. The van der Waals surface area contributed by atoms with Gasteiger partial charge in [0.2, 0.25) is 6.33 Å². The van der Waals surface area contributed by atoms with Gasteiger partial charge >= 0.3 is 0 Å².